The van der Waals surface area contributed by atoms with Gasteiger partial charge in [0.2, 0.25) is 11.8 Å². The molecule has 0 aliphatic carbocycles. The minimum absolute atomic E-state index is 0. The molecule has 27 heavy (non-hydrogen) atoms. The Kier molecular flexibility index (Phi) is 8.11. The summed E-state index contributed by atoms with van der Waals surface area (Å²) in [7, 11) is 1.96. The number of halogens is 1. The maximum absolute atomic E-state index is 12.9. The second-order valence-corrected chi connectivity index (χ2v) is 7.67. The van der Waals surface area contributed by atoms with E-state index in [2.05, 4.69) is 24.4 Å². The molecular formula is C21H32ClN3O2. The molecule has 0 saturated carbocycles. The lowest BCUT2D eigenvalue weighted by Gasteiger charge is -2.34. The third kappa shape index (κ3) is 5.23. The molecular weight excluding hydrogens is 362 g/mol. The van der Waals surface area contributed by atoms with Crippen LogP contribution in [0.3, 0.4) is 0 Å². The number of carbonyl (C=O) groups excluding carboxylic acids is 2. The summed E-state index contributed by atoms with van der Waals surface area (Å²) in [6.07, 6.45) is 4.73. The first kappa shape index (κ1) is 21.7. The molecule has 0 radical (unpaired) electrons. The van der Waals surface area contributed by atoms with Crippen LogP contribution >= 0.6 is 12.4 Å². The van der Waals surface area contributed by atoms with Gasteiger partial charge in [-0.2, -0.15) is 0 Å². The van der Waals surface area contributed by atoms with E-state index >= 15 is 0 Å². The number of rotatable bonds is 6. The quantitative estimate of drug-likeness (QED) is 0.808. The molecule has 2 fully saturated rings. The molecule has 2 saturated heterocycles. The van der Waals surface area contributed by atoms with Crippen LogP contribution in [0.1, 0.15) is 38.2 Å². The molecule has 2 atom stereocenters. The average molecular weight is 394 g/mol. The molecule has 1 N–H and O–H groups in total. The standard InChI is InChI=1S/C21H31N3O2.ClH/c1-3-5-16-7-9-19(10-8-16)24-15-18(12-20(24)25)21(26)23-11-4-6-17(14-23)13-22-2;/h7-10,17-18,22H,3-6,11-15H2,1-2H3;1H. The van der Waals surface area contributed by atoms with Crippen LogP contribution in [-0.4, -0.2) is 49.9 Å². The number of nitrogens with one attached hydrogen (secondary N) is 1. The summed E-state index contributed by atoms with van der Waals surface area (Å²) in [5.41, 5.74) is 2.20. The smallest absolute Gasteiger partial charge is 0.228 e. The van der Waals surface area contributed by atoms with Gasteiger partial charge in [-0.15, -0.1) is 12.4 Å². The lowest BCUT2D eigenvalue weighted by Crippen LogP contribution is -2.45. The first-order chi connectivity index (χ1) is 12.6. The van der Waals surface area contributed by atoms with Crippen LogP contribution < -0.4 is 10.2 Å². The summed E-state index contributed by atoms with van der Waals surface area (Å²) in [6, 6.07) is 8.21. The molecule has 0 spiro atoms. The number of piperidine rings is 1. The maximum atomic E-state index is 12.9. The van der Waals surface area contributed by atoms with E-state index in [4.69, 9.17) is 0 Å². The third-order valence-electron chi connectivity index (χ3n) is 5.58. The fourth-order valence-corrected chi connectivity index (χ4v) is 4.23. The van der Waals surface area contributed by atoms with Crippen molar-refractivity contribution in [2.75, 3.05) is 38.1 Å². The Morgan fingerprint density at radius 1 is 1.22 bits per heavy atom. The van der Waals surface area contributed by atoms with Crippen LogP contribution in [-0.2, 0) is 16.0 Å². The second-order valence-electron chi connectivity index (χ2n) is 7.67. The van der Waals surface area contributed by atoms with Gasteiger partial charge in [-0.1, -0.05) is 25.5 Å². The number of hydrogen-bond donors (Lipinski definition) is 1. The van der Waals surface area contributed by atoms with Gasteiger partial charge in [0.15, 0.2) is 0 Å². The van der Waals surface area contributed by atoms with Crippen LogP contribution in [0.4, 0.5) is 5.69 Å². The molecule has 0 aromatic heterocycles. The minimum Gasteiger partial charge on any atom is -0.342 e. The van der Waals surface area contributed by atoms with E-state index in [9.17, 15) is 9.59 Å². The van der Waals surface area contributed by atoms with Crippen molar-refractivity contribution in [1.82, 2.24) is 10.2 Å². The highest BCUT2D eigenvalue weighted by Crippen LogP contribution is 2.28. The number of anilines is 1. The Hall–Kier alpha value is -1.59. The van der Waals surface area contributed by atoms with E-state index in [0.29, 0.717) is 18.9 Å². The van der Waals surface area contributed by atoms with Crippen molar-refractivity contribution in [2.24, 2.45) is 11.8 Å². The van der Waals surface area contributed by atoms with E-state index in [1.54, 1.807) is 4.90 Å². The third-order valence-corrected chi connectivity index (χ3v) is 5.58. The Balaban J connectivity index is 0.00000261. The van der Waals surface area contributed by atoms with Gasteiger partial charge in [0.1, 0.15) is 0 Å². The summed E-state index contributed by atoms with van der Waals surface area (Å²) >= 11 is 0. The molecule has 5 nitrogen and oxygen atoms in total. The van der Waals surface area contributed by atoms with Gasteiger partial charge in [0, 0.05) is 31.7 Å². The number of aryl methyl sites for hydroxylation is 1. The Morgan fingerprint density at radius 2 is 1.96 bits per heavy atom. The zero-order valence-corrected chi connectivity index (χ0v) is 17.3. The lowest BCUT2D eigenvalue weighted by atomic mass is 9.96. The highest BCUT2D eigenvalue weighted by Gasteiger charge is 2.38. The topological polar surface area (TPSA) is 52.7 Å². The van der Waals surface area contributed by atoms with Gasteiger partial charge >= 0.3 is 0 Å². The van der Waals surface area contributed by atoms with Crippen molar-refractivity contribution in [1.29, 1.82) is 0 Å². The van der Waals surface area contributed by atoms with Crippen LogP contribution in [0, 0.1) is 11.8 Å². The number of nitrogens with zero attached hydrogens (tertiary/aromatic N) is 2. The molecule has 3 rings (SSSR count). The fourth-order valence-electron chi connectivity index (χ4n) is 4.23. The van der Waals surface area contributed by atoms with Crippen molar-refractivity contribution in [3.05, 3.63) is 29.8 Å². The van der Waals surface area contributed by atoms with Crippen molar-refractivity contribution >= 4 is 29.9 Å². The highest BCUT2D eigenvalue weighted by molar-refractivity contribution is 6.00. The van der Waals surface area contributed by atoms with E-state index < -0.39 is 0 Å². The zero-order chi connectivity index (χ0) is 18.5. The fraction of sp³-hybridized carbons (Fsp3) is 0.619. The van der Waals surface area contributed by atoms with E-state index in [1.165, 1.54) is 12.0 Å². The molecule has 2 heterocycles. The maximum Gasteiger partial charge on any atom is 0.228 e. The summed E-state index contributed by atoms with van der Waals surface area (Å²) in [5.74, 6) is 0.544. The monoisotopic (exact) mass is 393 g/mol. The number of carbonyl (C=O) groups is 2. The molecule has 1 aromatic carbocycles. The van der Waals surface area contributed by atoms with Crippen LogP contribution in [0.15, 0.2) is 24.3 Å². The Morgan fingerprint density at radius 3 is 2.63 bits per heavy atom. The predicted molar refractivity (Wildman–Crippen MR) is 111 cm³/mol. The largest absolute Gasteiger partial charge is 0.342 e. The van der Waals surface area contributed by atoms with Crippen molar-refractivity contribution in [2.45, 2.75) is 39.0 Å². The average Bonchev–Trinajstić information content (AvgIpc) is 3.04. The summed E-state index contributed by atoms with van der Waals surface area (Å²) in [6.45, 7) is 5.27. The molecule has 2 amide bonds. The zero-order valence-electron chi connectivity index (χ0n) is 16.4. The highest BCUT2D eigenvalue weighted by atomic mass is 35.5. The number of hydrogen-bond acceptors (Lipinski definition) is 3. The van der Waals surface area contributed by atoms with Crippen LogP contribution in [0.2, 0.25) is 0 Å². The van der Waals surface area contributed by atoms with Crippen molar-refractivity contribution in [3.63, 3.8) is 0 Å². The van der Waals surface area contributed by atoms with E-state index in [-0.39, 0.29) is 30.1 Å². The van der Waals surface area contributed by atoms with Crippen molar-refractivity contribution in [3.8, 4) is 0 Å². The molecule has 2 aliphatic heterocycles. The SMILES string of the molecule is CCCc1ccc(N2CC(C(=O)N3CCCC(CNC)C3)CC2=O)cc1.Cl. The molecule has 150 valence electrons. The molecule has 6 heteroatoms. The first-order valence-corrected chi connectivity index (χ1v) is 9.95. The van der Waals surface area contributed by atoms with Gasteiger partial charge < -0.3 is 15.1 Å². The van der Waals surface area contributed by atoms with Gasteiger partial charge in [0.05, 0.1) is 5.92 Å². The molecule has 0 bridgehead atoms. The van der Waals surface area contributed by atoms with Gasteiger partial charge in [-0.3, -0.25) is 9.59 Å². The van der Waals surface area contributed by atoms with Gasteiger partial charge in [0.25, 0.3) is 0 Å². The van der Waals surface area contributed by atoms with E-state index in [0.717, 1.165) is 44.6 Å². The predicted octanol–water partition coefficient (Wildman–Crippen LogP) is 2.87. The molecule has 2 unspecified atom stereocenters. The number of likely N-dealkylation sites (tertiary alicyclic amines) is 1. The van der Waals surface area contributed by atoms with Crippen molar-refractivity contribution < 1.29 is 9.59 Å². The second kappa shape index (κ2) is 10.1. The lowest BCUT2D eigenvalue weighted by molar-refractivity contribution is -0.137. The molecule has 1 aromatic rings. The minimum atomic E-state index is -0.203. The number of benzene rings is 1. The van der Waals surface area contributed by atoms with Crippen LogP contribution in [0.5, 0.6) is 0 Å². The first-order valence-electron chi connectivity index (χ1n) is 9.95. The normalized spacial score (nSPS) is 22.7. The van der Waals surface area contributed by atoms with Gasteiger partial charge in [-0.25, -0.2) is 0 Å². The van der Waals surface area contributed by atoms with Gasteiger partial charge in [-0.05, 0) is 56.5 Å². The Bertz CT molecular complexity index is 633. The summed E-state index contributed by atoms with van der Waals surface area (Å²) in [4.78, 5) is 29.2. The Labute approximate surface area is 168 Å². The summed E-state index contributed by atoms with van der Waals surface area (Å²) < 4.78 is 0. The number of amides is 2. The molecule has 2 aliphatic rings. The van der Waals surface area contributed by atoms with Crippen LogP contribution in [0.25, 0.3) is 0 Å². The summed E-state index contributed by atoms with van der Waals surface area (Å²) in [5, 5.41) is 3.22. The van der Waals surface area contributed by atoms with E-state index in [1.807, 2.05) is 24.1 Å².